The number of anilines is 1. The van der Waals surface area contributed by atoms with Crippen LogP contribution in [0.3, 0.4) is 0 Å². The molecule has 0 atom stereocenters. The fourth-order valence-corrected chi connectivity index (χ4v) is 2.67. The molecular formula is C16H18BrNO3. The summed E-state index contributed by atoms with van der Waals surface area (Å²) in [6.45, 7) is 0.662. The first-order valence-corrected chi connectivity index (χ1v) is 7.25. The molecule has 0 aliphatic carbocycles. The van der Waals surface area contributed by atoms with E-state index in [1.165, 1.54) is 7.11 Å². The molecule has 0 spiro atoms. The van der Waals surface area contributed by atoms with Gasteiger partial charge in [0, 0.05) is 13.6 Å². The Bertz CT molecular complexity index is 631. The lowest BCUT2D eigenvalue weighted by atomic mass is 10.1. The van der Waals surface area contributed by atoms with Gasteiger partial charge in [-0.1, -0.05) is 12.1 Å². The van der Waals surface area contributed by atoms with Gasteiger partial charge in [0.25, 0.3) is 0 Å². The number of para-hydroxylation sites is 2. The van der Waals surface area contributed by atoms with Gasteiger partial charge in [-0.2, -0.15) is 0 Å². The first-order valence-electron chi connectivity index (χ1n) is 6.46. The number of aromatic hydroxyl groups is 1. The Morgan fingerprint density at radius 3 is 2.43 bits per heavy atom. The van der Waals surface area contributed by atoms with Gasteiger partial charge in [-0.25, -0.2) is 0 Å². The smallest absolute Gasteiger partial charge is 0.172 e. The lowest BCUT2D eigenvalue weighted by Crippen LogP contribution is -2.17. The van der Waals surface area contributed by atoms with Crippen LogP contribution in [0.5, 0.6) is 17.2 Å². The van der Waals surface area contributed by atoms with Crippen molar-refractivity contribution in [3.8, 4) is 17.2 Å². The fourth-order valence-electron chi connectivity index (χ4n) is 2.18. The molecule has 21 heavy (non-hydrogen) atoms. The maximum atomic E-state index is 9.85. The topological polar surface area (TPSA) is 41.9 Å². The standard InChI is InChI=1S/C16H18BrNO3/c1-18(13-6-4-5-7-14(13)20-2)10-11-8-12(17)16(19)15(9-11)21-3/h4-9,19H,10H2,1-3H3. The molecule has 2 rings (SSSR count). The summed E-state index contributed by atoms with van der Waals surface area (Å²) >= 11 is 3.34. The molecule has 0 bridgehead atoms. The summed E-state index contributed by atoms with van der Waals surface area (Å²) in [4.78, 5) is 2.08. The van der Waals surface area contributed by atoms with Crippen molar-refractivity contribution in [3.05, 3.63) is 46.4 Å². The summed E-state index contributed by atoms with van der Waals surface area (Å²) in [7, 11) is 5.19. The summed E-state index contributed by atoms with van der Waals surface area (Å²) in [6.07, 6.45) is 0. The van der Waals surface area contributed by atoms with E-state index in [1.54, 1.807) is 7.11 Å². The Kier molecular flexibility index (Phi) is 4.96. The van der Waals surface area contributed by atoms with Crippen molar-refractivity contribution >= 4 is 21.6 Å². The number of ether oxygens (including phenoxy) is 2. The van der Waals surface area contributed by atoms with E-state index in [-0.39, 0.29) is 5.75 Å². The Morgan fingerprint density at radius 1 is 1.10 bits per heavy atom. The van der Waals surface area contributed by atoms with E-state index in [0.717, 1.165) is 17.0 Å². The van der Waals surface area contributed by atoms with Gasteiger partial charge in [0.15, 0.2) is 11.5 Å². The zero-order chi connectivity index (χ0) is 15.4. The monoisotopic (exact) mass is 351 g/mol. The third-order valence-electron chi connectivity index (χ3n) is 3.22. The highest BCUT2D eigenvalue weighted by Crippen LogP contribution is 2.36. The van der Waals surface area contributed by atoms with E-state index in [1.807, 2.05) is 43.4 Å². The molecule has 112 valence electrons. The summed E-state index contributed by atoms with van der Waals surface area (Å²) in [5.41, 5.74) is 2.02. The number of phenolic OH excluding ortho intramolecular Hbond substituents is 1. The number of hydrogen-bond acceptors (Lipinski definition) is 4. The maximum absolute atomic E-state index is 9.85. The zero-order valence-corrected chi connectivity index (χ0v) is 13.8. The number of benzene rings is 2. The van der Waals surface area contributed by atoms with Gasteiger partial charge >= 0.3 is 0 Å². The lowest BCUT2D eigenvalue weighted by molar-refractivity contribution is 0.371. The first kappa shape index (κ1) is 15.5. The van der Waals surface area contributed by atoms with E-state index in [0.29, 0.717) is 16.8 Å². The molecule has 2 aromatic carbocycles. The van der Waals surface area contributed by atoms with Gasteiger partial charge in [0.2, 0.25) is 0 Å². The molecule has 5 heteroatoms. The predicted octanol–water partition coefficient (Wildman–Crippen LogP) is 3.81. The van der Waals surface area contributed by atoms with E-state index >= 15 is 0 Å². The van der Waals surface area contributed by atoms with Gasteiger partial charge in [-0.3, -0.25) is 0 Å². The highest BCUT2D eigenvalue weighted by Gasteiger charge is 2.12. The van der Waals surface area contributed by atoms with Gasteiger partial charge in [0.05, 0.1) is 24.4 Å². The van der Waals surface area contributed by atoms with Crippen LogP contribution in [-0.4, -0.2) is 26.4 Å². The molecule has 0 heterocycles. The second-order valence-electron chi connectivity index (χ2n) is 4.66. The van der Waals surface area contributed by atoms with Crippen molar-refractivity contribution in [2.45, 2.75) is 6.54 Å². The Hall–Kier alpha value is -1.88. The van der Waals surface area contributed by atoms with E-state index in [9.17, 15) is 5.11 Å². The average molecular weight is 352 g/mol. The van der Waals surface area contributed by atoms with E-state index in [4.69, 9.17) is 9.47 Å². The summed E-state index contributed by atoms with van der Waals surface area (Å²) in [5.74, 6) is 1.39. The fraction of sp³-hybridized carbons (Fsp3) is 0.250. The second kappa shape index (κ2) is 6.72. The van der Waals surface area contributed by atoms with Crippen molar-refractivity contribution in [2.24, 2.45) is 0 Å². The minimum absolute atomic E-state index is 0.112. The molecule has 0 unspecified atom stereocenters. The SMILES string of the molecule is COc1ccccc1N(C)Cc1cc(Br)c(O)c(OC)c1. The Balaban J connectivity index is 2.27. The molecule has 0 radical (unpaired) electrons. The number of nitrogens with zero attached hydrogens (tertiary/aromatic N) is 1. The molecule has 0 aliphatic heterocycles. The van der Waals surface area contributed by atoms with Crippen LogP contribution in [0.4, 0.5) is 5.69 Å². The van der Waals surface area contributed by atoms with Crippen LogP contribution in [0, 0.1) is 0 Å². The number of rotatable bonds is 5. The van der Waals surface area contributed by atoms with Crippen LogP contribution in [0.15, 0.2) is 40.9 Å². The third kappa shape index (κ3) is 3.42. The van der Waals surface area contributed by atoms with E-state index < -0.39 is 0 Å². The molecule has 2 aromatic rings. The number of methoxy groups -OCH3 is 2. The van der Waals surface area contributed by atoms with Crippen molar-refractivity contribution in [3.63, 3.8) is 0 Å². The first-order chi connectivity index (χ1) is 10.1. The van der Waals surface area contributed by atoms with Crippen LogP contribution in [0.25, 0.3) is 0 Å². The lowest BCUT2D eigenvalue weighted by Gasteiger charge is -2.22. The number of hydrogen-bond donors (Lipinski definition) is 1. The highest BCUT2D eigenvalue weighted by atomic mass is 79.9. The van der Waals surface area contributed by atoms with Gasteiger partial charge in [0.1, 0.15) is 5.75 Å². The molecule has 0 fully saturated rings. The molecule has 0 aromatic heterocycles. The zero-order valence-electron chi connectivity index (χ0n) is 12.3. The van der Waals surface area contributed by atoms with E-state index in [2.05, 4.69) is 20.8 Å². The maximum Gasteiger partial charge on any atom is 0.172 e. The van der Waals surface area contributed by atoms with Crippen molar-refractivity contribution in [1.82, 2.24) is 0 Å². The summed E-state index contributed by atoms with van der Waals surface area (Å²) < 4.78 is 11.2. The Labute approximate surface area is 133 Å². The third-order valence-corrected chi connectivity index (χ3v) is 3.83. The summed E-state index contributed by atoms with van der Waals surface area (Å²) in [5, 5.41) is 9.85. The van der Waals surface area contributed by atoms with Crippen molar-refractivity contribution in [2.75, 3.05) is 26.2 Å². The van der Waals surface area contributed by atoms with Crippen molar-refractivity contribution < 1.29 is 14.6 Å². The normalized spacial score (nSPS) is 10.3. The quantitative estimate of drug-likeness (QED) is 0.889. The summed E-state index contributed by atoms with van der Waals surface area (Å²) in [6, 6.07) is 11.6. The van der Waals surface area contributed by atoms with Gasteiger partial charge < -0.3 is 19.5 Å². The average Bonchev–Trinajstić information content (AvgIpc) is 2.50. The molecular weight excluding hydrogens is 334 g/mol. The van der Waals surface area contributed by atoms with Gasteiger partial charge in [-0.05, 0) is 45.8 Å². The van der Waals surface area contributed by atoms with Crippen LogP contribution in [-0.2, 0) is 6.54 Å². The van der Waals surface area contributed by atoms with Gasteiger partial charge in [-0.15, -0.1) is 0 Å². The predicted molar refractivity (Wildman–Crippen MR) is 87.5 cm³/mol. The Morgan fingerprint density at radius 2 is 1.76 bits per heavy atom. The molecule has 0 saturated carbocycles. The largest absolute Gasteiger partial charge is 0.503 e. The highest BCUT2D eigenvalue weighted by molar-refractivity contribution is 9.10. The number of halogens is 1. The minimum atomic E-state index is 0.112. The second-order valence-corrected chi connectivity index (χ2v) is 5.51. The van der Waals surface area contributed by atoms with Crippen LogP contribution < -0.4 is 14.4 Å². The number of phenols is 1. The molecule has 1 N–H and O–H groups in total. The van der Waals surface area contributed by atoms with Crippen LogP contribution in [0.1, 0.15) is 5.56 Å². The minimum Gasteiger partial charge on any atom is -0.503 e. The van der Waals surface area contributed by atoms with Crippen LogP contribution >= 0.6 is 15.9 Å². The van der Waals surface area contributed by atoms with Crippen molar-refractivity contribution in [1.29, 1.82) is 0 Å². The molecule has 0 aliphatic rings. The molecule has 0 saturated heterocycles. The molecule has 0 amide bonds. The van der Waals surface area contributed by atoms with Crippen LogP contribution in [0.2, 0.25) is 0 Å². The molecule has 4 nitrogen and oxygen atoms in total.